The van der Waals surface area contributed by atoms with Crippen molar-refractivity contribution in [3.63, 3.8) is 0 Å². The highest BCUT2D eigenvalue weighted by Gasteiger charge is 2.30. The van der Waals surface area contributed by atoms with Gasteiger partial charge in [-0.25, -0.2) is 0 Å². The smallest absolute Gasteiger partial charge is 0.0729 e. The van der Waals surface area contributed by atoms with Crippen LogP contribution in [0.3, 0.4) is 0 Å². The van der Waals surface area contributed by atoms with E-state index in [1.807, 2.05) is 36.0 Å². The van der Waals surface area contributed by atoms with Crippen LogP contribution in [-0.4, -0.2) is 5.88 Å². The summed E-state index contributed by atoms with van der Waals surface area (Å²) in [5.74, 6) is 1.41. The van der Waals surface area contributed by atoms with E-state index >= 15 is 0 Å². The zero-order valence-electron chi connectivity index (χ0n) is 20.8. The van der Waals surface area contributed by atoms with Gasteiger partial charge in [-0.15, -0.1) is 11.8 Å². The van der Waals surface area contributed by atoms with Crippen molar-refractivity contribution in [2.45, 2.75) is 53.4 Å². The van der Waals surface area contributed by atoms with E-state index in [9.17, 15) is 0 Å². The van der Waals surface area contributed by atoms with Crippen molar-refractivity contribution < 1.29 is 0 Å². The highest BCUT2D eigenvalue weighted by molar-refractivity contribution is 8.03. The van der Waals surface area contributed by atoms with Gasteiger partial charge < -0.3 is 4.90 Å². The number of anilines is 1. The van der Waals surface area contributed by atoms with E-state index in [1.165, 1.54) is 21.7 Å². The first-order chi connectivity index (χ1) is 16.5. The van der Waals surface area contributed by atoms with E-state index < -0.39 is 0 Å². The van der Waals surface area contributed by atoms with Gasteiger partial charge in [-0.3, -0.25) is 0 Å². The zero-order chi connectivity index (χ0) is 25.6. The summed E-state index contributed by atoms with van der Waals surface area (Å²) in [5.41, 5.74) is 9.24. The van der Waals surface area contributed by atoms with Crippen LogP contribution in [0.5, 0.6) is 0 Å². The van der Waals surface area contributed by atoms with Crippen molar-refractivity contribution in [3.8, 4) is 22.3 Å². The third-order valence-corrected chi connectivity index (χ3v) is 8.49. The quantitative estimate of drug-likeness (QED) is 0.303. The molecule has 0 saturated heterocycles. The molecule has 0 unspecified atom stereocenters. The summed E-state index contributed by atoms with van der Waals surface area (Å²) in [6.07, 6.45) is 0. The number of halogens is 4. The van der Waals surface area contributed by atoms with Crippen molar-refractivity contribution in [2.75, 3.05) is 10.8 Å². The lowest BCUT2D eigenvalue weighted by Gasteiger charge is -2.32. The first kappa shape index (κ1) is 26.8. The monoisotopic (exact) mass is 563 g/mol. The summed E-state index contributed by atoms with van der Waals surface area (Å²) in [6.45, 7) is 13.3. The maximum absolute atomic E-state index is 6.53. The summed E-state index contributed by atoms with van der Waals surface area (Å²) in [5, 5.41) is 2.47. The van der Waals surface area contributed by atoms with Gasteiger partial charge in [-0.2, -0.15) is 0 Å². The van der Waals surface area contributed by atoms with Crippen molar-refractivity contribution in [1.82, 2.24) is 0 Å². The topological polar surface area (TPSA) is 3.24 Å². The molecule has 1 aliphatic rings. The predicted octanol–water partition coefficient (Wildman–Crippen LogP) is 11.6. The van der Waals surface area contributed by atoms with Crippen LogP contribution in [0, 0.1) is 0 Å². The molecule has 1 aliphatic heterocycles. The van der Waals surface area contributed by atoms with Crippen LogP contribution >= 0.6 is 58.2 Å². The number of benzene rings is 3. The lowest BCUT2D eigenvalue weighted by molar-refractivity contribution is 0.835. The molecule has 184 valence electrons. The molecular weight excluding hydrogens is 536 g/mol. The Morgan fingerprint density at radius 2 is 1.06 bits per heavy atom. The Hall–Kier alpha value is -1.29. The maximum atomic E-state index is 6.53. The molecule has 3 aromatic carbocycles. The first-order valence-corrected chi connectivity index (χ1v) is 14.2. The minimum absolute atomic E-state index is 0.289. The molecule has 0 N–H and O–H groups in total. The van der Waals surface area contributed by atoms with Crippen LogP contribution in [0.1, 0.15) is 64.5 Å². The number of hydrogen-bond donors (Lipinski definition) is 0. The Morgan fingerprint density at radius 3 is 1.37 bits per heavy atom. The van der Waals surface area contributed by atoms with Crippen LogP contribution < -0.4 is 4.90 Å². The molecule has 0 aliphatic carbocycles. The van der Waals surface area contributed by atoms with Crippen molar-refractivity contribution >= 4 is 63.9 Å². The third kappa shape index (κ3) is 5.38. The van der Waals surface area contributed by atoms with Crippen molar-refractivity contribution in [1.29, 1.82) is 0 Å². The van der Waals surface area contributed by atoms with Gasteiger partial charge in [0.1, 0.15) is 0 Å². The van der Waals surface area contributed by atoms with Gasteiger partial charge in [0.25, 0.3) is 0 Å². The Labute approximate surface area is 233 Å². The average molecular weight is 565 g/mol. The normalized spacial score (nSPS) is 14.1. The molecule has 0 fully saturated rings. The molecule has 35 heavy (non-hydrogen) atoms. The van der Waals surface area contributed by atoms with Gasteiger partial charge in [0.15, 0.2) is 0 Å². The fourth-order valence-electron chi connectivity index (χ4n) is 4.68. The summed E-state index contributed by atoms with van der Waals surface area (Å²) < 4.78 is 0. The minimum Gasteiger partial charge on any atom is -0.333 e. The van der Waals surface area contributed by atoms with Crippen molar-refractivity contribution in [3.05, 3.63) is 84.3 Å². The van der Waals surface area contributed by atoms with E-state index in [0.717, 1.165) is 33.8 Å². The fraction of sp³-hybridized carbons (Fsp3) is 0.310. The second-order valence-corrected chi connectivity index (χ2v) is 12.5. The Morgan fingerprint density at radius 1 is 0.657 bits per heavy atom. The molecule has 3 aromatic rings. The number of rotatable bonds is 5. The number of nitrogens with zero attached hydrogens (tertiary/aromatic N) is 1. The molecule has 4 rings (SSSR count). The van der Waals surface area contributed by atoms with Gasteiger partial charge in [0, 0.05) is 41.8 Å². The van der Waals surface area contributed by atoms with E-state index in [-0.39, 0.29) is 11.8 Å². The van der Waals surface area contributed by atoms with E-state index in [0.29, 0.717) is 20.1 Å². The maximum Gasteiger partial charge on any atom is 0.0729 e. The highest BCUT2D eigenvalue weighted by Crippen LogP contribution is 2.52. The van der Waals surface area contributed by atoms with Gasteiger partial charge in [0.2, 0.25) is 0 Å². The fourth-order valence-corrected chi connectivity index (χ4v) is 6.70. The Bertz CT molecular complexity index is 1200. The molecule has 0 radical (unpaired) electrons. The van der Waals surface area contributed by atoms with Gasteiger partial charge >= 0.3 is 0 Å². The van der Waals surface area contributed by atoms with Crippen LogP contribution in [0.15, 0.2) is 53.1 Å². The number of hydrogen-bond acceptors (Lipinski definition) is 2. The minimum atomic E-state index is 0.289. The SMILES string of the molecule is CC1=C(C)N(c2c(-c3cc(Cl)cc(Cl)c3)c(C(C)C)cc(C(C)C)c2-c2cc(Cl)cc(Cl)c2)CS1. The Balaban J connectivity index is 2.24. The summed E-state index contributed by atoms with van der Waals surface area (Å²) in [7, 11) is 0. The lowest BCUT2D eigenvalue weighted by Crippen LogP contribution is -2.20. The second-order valence-electron chi connectivity index (χ2n) is 9.62. The molecule has 0 saturated carbocycles. The molecule has 0 atom stereocenters. The molecule has 0 spiro atoms. The van der Waals surface area contributed by atoms with Gasteiger partial charge in [-0.05, 0) is 84.3 Å². The predicted molar refractivity (Wildman–Crippen MR) is 159 cm³/mol. The van der Waals surface area contributed by atoms with Gasteiger partial charge in [0.05, 0.1) is 11.6 Å². The van der Waals surface area contributed by atoms with Crippen LogP contribution in [-0.2, 0) is 0 Å². The van der Waals surface area contributed by atoms with Crippen LogP contribution in [0.25, 0.3) is 22.3 Å². The second kappa shape index (κ2) is 10.6. The van der Waals surface area contributed by atoms with Crippen LogP contribution in [0.4, 0.5) is 5.69 Å². The average Bonchev–Trinajstić information content (AvgIpc) is 3.08. The summed E-state index contributed by atoms with van der Waals surface area (Å²) >= 11 is 28.0. The van der Waals surface area contributed by atoms with E-state index in [1.54, 1.807) is 12.1 Å². The van der Waals surface area contributed by atoms with Gasteiger partial charge in [-0.1, -0.05) is 80.2 Å². The number of allylic oxidation sites excluding steroid dienone is 2. The standard InChI is InChI=1S/C29H29Cl4NS/c1-15(2)25-13-26(16(3)4)28(20-9-23(32)12-24(33)10-20)29(34-14-35-18(6)17(34)5)27(25)19-7-21(30)11-22(31)8-19/h7-13,15-16H,14H2,1-6H3. The number of thioether (sulfide) groups is 1. The zero-order valence-corrected chi connectivity index (χ0v) is 24.6. The molecule has 0 bridgehead atoms. The lowest BCUT2D eigenvalue weighted by atomic mass is 9.81. The molecule has 0 aromatic heterocycles. The molecule has 1 nitrogen and oxygen atoms in total. The van der Waals surface area contributed by atoms with Crippen LogP contribution in [0.2, 0.25) is 20.1 Å². The van der Waals surface area contributed by atoms with E-state index in [2.05, 4.69) is 52.5 Å². The summed E-state index contributed by atoms with van der Waals surface area (Å²) in [4.78, 5) is 3.74. The third-order valence-electron chi connectivity index (χ3n) is 6.50. The molecule has 6 heteroatoms. The summed E-state index contributed by atoms with van der Waals surface area (Å²) in [6, 6.07) is 14.0. The largest absolute Gasteiger partial charge is 0.333 e. The van der Waals surface area contributed by atoms with E-state index in [4.69, 9.17) is 46.4 Å². The van der Waals surface area contributed by atoms with Crippen molar-refractivity contribution in [2.24, 2.45) is 0 Å². The highest BCUT2D eigenvalue weighted by atomic mass is 35.5. The molecule has 1 heterocycles. The Kier molecular flexibility index (Phi) is 8.10. The molecular formula is C29H29Cl4NS. The molecule has 0 amide bonds. The first-order valence-electron chi connectivity index (χ1n) is 11.7.